The van der Waals surface area contributed by atoms with E-state index in [0.29, 0.717) is 80.1 Å². The lowest BCUT2D eigenvalue weighted by atomic mass is 9.45. The van der Waals surface area contributed by atoms with Gasteiger partial charge in [-0.3, -0.25) is 19.9 Å². The predicted molar refractivity (Wildman–Crippen MR) is 321 cm³/mol. The van der Waals surface area contributed by atoms with Crippen molar-refractivity contribution in [1.82, 2.24) is 16.0 Å². The lowest BCUT2D eigenvalue weighted by Crippen LogP contribution is -2.65. The average molecular weight is 1120 g/mol. The molecule has 2 bridgehead atoms. The number of nitrogens with zero attached hydrogens (tertiary/aromatic N) is 1. The van der Waals surface area contributed by atoms with Crippen LogP contribution >= 0.6 is 0 Å². The first-order valence-corrected chi connectivity index (χ1v) is 29.7. The van der Waals surface area contributed by atoms with Gasteiger partial charge in [-0.2, -0.15) is 0 Å². The van der Waals surface area contributed by atoms with Crippen LogP contribution in [-0.4, -0.2) is 106 Å². The van der Waals surface area contributed by atoms with Gasteiger partial charge in [0.1, 0.15) is 24.6 Å². The van der Waals surface area contributed by atoms with E-state index in [0.717, 1.165) is 59.2 Å². The van der Waals surface area contributed by atoms with Crippen LogP contribution in [0.4, 0.5) is 0 Å². The fourth-order valence-corrected chi connectivity index (χ4v) is 15.2. The summed E-state index contributed by atoms with van der Waals surface area (Å²) in [5, 5.41) is 72.0. The summed E-state index contributed by atoms with van der Waals surface area (Å²) in [6.45, 7) is 11.8. The molecule has 13 unspecified atom stereocenters. The Hall–Kier alpha value is -6.19. The third-order valence-electron chi connectivity index (χ3n) is 19.2. The lowest BCUT2D eigenvalue weighted by Gasteiger charge is -2.61. The van der Waals surface area contributed by atoms with E-state index in [1.807, 2.05) is 61.5 Å². The van der Waals surface area contributed by atoms with Crippen molar-refractivity contribution in [3.63, 3.8) is 0 Å². The molecule has 438 valence electrons. The molecule has 14 N–H and O–H groups in total. The van der Waals surface area contributed by atoms with Gasteiger partial charge in [0.25, 0.3) is 0 Å². The number of hydrogen-bond acceptors (Lipinski definition) is 12. The van der Waals surface area contributed by atoms with E-state index < -0.39 is 65.2 Å². The summed E-state index contributed by atoms with van der Waals surface area (Å²) in [6, 6.07) is 19.3. The number of guanidine groups is 1. The van der Waals surface area contributed by atoms with Gasteiger partial charge in [0.2, 0.25) is 5.91 Å². The highest BCUT2D eigenvalue weighted by Gasteiger charge is 2.70. The maximum Gasteiger partial charge on any atom is 0.243 e. The van der Waals surface area contributed by atoms with Gasteiger partial charge in [0, 0.05) is 49.2 Å². The number of β-amino-alcohol motifs (C(OH)–C–C–N with tert-alkyl or cyclic N) is 1. The van der Waals surface area contributed by atoms with Crippen LogP contribution in [0.25, 0.3) is 0 Å². The second-order valence-corrected chi connectivity index (χ2v) is 24.1. The fraction of sp³-hybridized carbons (Fsp3) is 0.507. The SMILES string of the molecule is C=C1C=CC=C(C2CC3CCCC4(O)CCC5=C(C)C(=O)Cc6cccc7c6C(NCC(O)C(C(CN=C(N)N)c6ccc(O)cc6)Cc6cccc(c6)CC(O)CCC5C34C2O)C(=O)NC7N)COCC#CCC(C)=CCC1NCC. The number of phenolic OH excluding ortho intramolecular Hbond substituents is 1. The zero-order chi connectivity index (χ0) is 58.3. The van der Waals surface area contributed by atoms with E-state index in [1.165, 1.54) is 5.57 Å². The van der Waals surface area contributed by atoms with Crippen LogP contribution in [0.2, 0.25) is 0 Å². The predicted octanol–water partition coefficient (Wildman–Crippen LogP) is 6.60. The Morgan fingerprint density at radius 2 is 1.76 bits per heavy atom. The second kappa shape index (κ2) is 26.6. The minimum absolute atomic E-state index is 0.0301. The molecule has 6 aliphatic rings. The first kappa shape index (κ1) is 60.4. The third kappa shape index (κ3) is 13.0. The number of Topliss-reactive ketones (excluding diaryl/α,β-unsaturated/α-hetero) is 1. The minimum Gasteiger partial charge on any atom is -0.508 e. The number of nitrogens with one attached hydrogen (secondary N) is 3. The number of amides is 1. The molecule has 15 nitrogen and oxygen atoms in total. The molecule has 3 aromatic rings. The van der Waals surface area contributed by atoms with Crippen LogP contribution in [0.1, 0.15) is 136 Å². The van der Waals surface area contributed by atoms with E-state index >= 15 is 4.79 Å². The highest BCUT2D eigenvalue weighted by atomic mass is 16.5. The number of aliphatic hydroxyl groups is 4. The normalized spacial score (nSPS) is 31.8. The summed E-state index contributed by atoms with van der Waals surface area (Å²) in [7, 11) is 0. The number of hydrogen-bond donors (Lipinski definition) is 11. The largest absolute Gasteiger partial charge is 0.508 e. The number of carbonyl (C=O) groups excluding carboxylic acids is 2. The molecule has 3 saturated carbocycles. The Kier molecular flexibility index (Phi) is 19.6. The molecule has 3 heterocycles. The maximum atomic E-state index is 15.3. The first-order chi connectivity index (χ1) is 39.4. The number of aromatic hydroxyl groups is 1. The highest BCUT2D eigenvalue weighted by molar-refractivity contribution is 5.98. The van der Waals surface area contributed by atoms with Crippen molar-refractivity contribution in [3.05, 3.63) is 159 Å². The fourth-order valence-electron chi connectivity index (χ4n) is 15.2. The molecule has 1 amide bonds. The molecule has 15 heteroatoms. The van der Waals surface area contributed by atoms with Crippen molar-refractivity contribution in [3.8, 4) is 17.6 Å². The number of ether oxygens (including phenoxy) is 1. The summed E-state index contributed by atoms with van der Waals surface area (Å²) in [5.41, 5.74) is 25.1. The van der Waals surface area contributed by atoms with E-state index in [-0.39, 0.29) is 68.1 Å². The van der Waals surface area contributed by atoms with E-state index in [1.54, 1.807) is 24.3 Å². The van der Waals surface area contributed by atoms with Gasteiger partial charge < -0.3 is 58.1 Å². The van der Waals surface area contributed by atoms with Gasteiger partial charge >= 0.3 is 0 Å². The standard InChI is InChI=1S/C67H87N7O8/c1-5-71-57-27-20-40(2)12-6-7-31-82-39-47(17-8-13-41(57)3)53-36-48-18-11-29-66(81)30-28-51-42(4)58(77)35-46-16-10-19-52-60(46)61(64(80)74-63(52)68)72-38-59(78)54(55(37-73-65(69)70)45-21-23-49(75)24-22-45)34-44-15-9-14-43(32-44)33-50(76)25-26-56(51)67(48,66)62(53)79/h8-10,13-17,19-24,32,48,50,53-57,59,61-63,71-72,75-76,78-79,81H,3,5,11-12,18,25-31,33-39,68H2,1-2,4H3,(H,74,80)(H4,69,70,73). The molecule has 13 atom stereocenters. The number of benzene rings is 3. The number of ketones is 1. The van der Waals surface area contributed by atoms with Gasteiger partial charge in [-0.15, -0.1) is 0 Å². The number of aliphatic imine (C=N–C) groups is 1. The van der Waals surface area contributed by atoms with Crippen molar-refractivity contribution in [2.75, 3.05) is 32.8 Å². The van der Waals surface area contributed by atoms with Crippen LogP contribution < -0.4 is 33.2 Å². The van der Waals surface area contributed by atoms with Crippen molar-refractivity contribution in [1.29, 1.82) is 0 Å². The number of allylic oxidation sites excluding steroid dienone is 5. The summed E-state index contributed by atoms with van der Waals surface area (Å²) in [6.07, 6.45) is 10.7. The Bertz CT molecular complexity index is 3040. The van der Waals surface area contributed by atoms with Crippen LogP contribution in [0.15, 0.2) is 130 Å². The van der Waals surface area contributed by atoms with Crippen molar-refractivity contribution >= 4 is 17.6 Å². The Balaban J connectivity index is 1.13. The van der Waals surface area contributed by atoms with Gasteiger partial charge in [-0.05, 0) is 165 Å². The average Bonchev–Trinajstić information content (AvgIpc) is 2.02. The molecule has 3 aliphatic carbocycles. The van der Waals surface area contributed by atoms with Gasteiger partial charge in [0.05, 0.1) is 30.5 Å². The smallest absolute Gasteiger partial charge is 0.243 e. The monoisotopic (exact) mass is 1120 g/mol. The Morgan fingerprint density at radius 1 is 0.988 bits per heavy atom. The molecule has 9 rings (SSSR count). The topological polar surface area (TPSA) is 271 Å². The summed E-state index contributed by atoms with van der Waals surface area (Å²) in [4.78, 5) is 34.0. The number of aliphatic hydroxyl groups excluding tert-OH is 3. The molecular formula is C67H87N7O8. The van der Waals surface area contributed by atoms with Gasteiger partial charge in [-0.1, -0.05) is 122 Å². The number of phenols is 1. The number of rotatable bonds is 7. The minimum atomic E-state index is -1.27. The Labute approximate surface area is 484 Å². The third-order valence-corrected chi connectivity index (χ3v) is 19.2. The van der Waals surface area contributed by atoms with E-state index in [4.69, 9.17) is 21.9 Å². The zero-order valence-corrected chi connectivity index (χ0v) is 48.1. The molecule has 3 fully saturated rings. The molecule has 3 aromatic carbocycles. The highest BCUT2D eigenvalue weighted by Crippen LogP contribution is 2.69. The summed E-state index contributed by atoms with van der Waals surface area (Å²) >= 11 is 0. The van der Waals surface area contributed by atoms with E-state index in [2.05, 4.69) is 65.4 Å². The number of likely N-dealkylation sites (N-methyl/N-ethyl adjacent to an activating group) is 1. The molecule has 3 aliphatic heterocycles. The number of carbonyl (C=O) groups is 2. The van der Waals surface area contributed by atoms with Crippen LogP contribution in [-0.2, 0) is 33.6 Å². The Morgan fingerprint density at radius 3 is 2.52 bits per heavy atom. The van der Waals surface area contributed by atoms with Crippen molar-refractivity contribution in [2.24, 2.45) is 51.3 Å². The molecular weight excluding hydrogens is 1030 g/mol. The van der Waals surface area contributed by atoms with Gasteiger partial charge in [0.15, 0.2) is 11.7 Å². The summed E-state index contributed by atoms with van der Waals surface area (Å²) in [5.74, 6) is 3.88. The molecule has 0 saturated heterocycles. The second-order valence-electron chi connectivity index (χ2n) is 24.1. The van der Waals surface area contributed by atoms with Crippen LogP contribution in [0.3, 0.4) is 0 Å². The first-order valence-electron chi connectivity index (χ1n) is 29.7. The molecule has 0 aromatic heterocycles. The van der Waals surface area contributed by atoms with Gasteiger partial charge in [-0.25, -0.2) is 0 Å². The van der Waals surface area contributed by atoms with Crippen molar-refractivity contribution in [2.45, 2.75) is 152 Å². The quantitative estimate of drug-likeness (QED) is 0.0516. The number of nitrogens with two attached hydrogens (primary N) is 3. The zero-order valence-electron chi connectivity index (χ0n) is 48.1. The van der Waals surface area contributed by atoms with Crippen LogP contribution in [0, 0.1) is 40.9 Å². The molecule has 1 spiro atoms. The maximum absolute atomic E-state index is 15.3. The summed E-state index contributed by atoms with van der Waals surface area (Å²) < 4.78 is 6.33. The van der Waals surface area contributed by atoms with E-state index in [9.17, 15) is 30.3 Å². The van der Waals surface area contributed by atoms with Crippen LogP contribution in [0.5, 0.6) is 5.75 Å². The lowest BCUT2D eigenvalue weighted by molar-refractivity contribution is -0.216. The molecule has 0 radical (unpaired) electrons. The molecule has 82 heavy (non-hydrogen) atoms. The number of fused-ring (bicyclic) bond motifs is 3. The van der Waals surface area contributed by atoms with Crippen molar-refractivity contribution < 1.29 is 39.9 Å².